The number of ether oxygens (including phenoxy) is 1. The summed E-state index contributed by atoms with van der Waals surface area (Å²) in [5.74, 6) is 0. The predicted octanol–water partition coefficient (Wildman–Crippen LogP) is 0.851. The third-order valence-electron chi connectivity index (χ3n) is 3.78. The Bertz CT molecular complexity index is 594. The lowest BCUT2D eigenvalue weighted by Gasteiger charge is -2.33. The molecule has 2 aromatic heterocycles. The highest BCUT2D eigenvalue weighted by Crippen LogP contribution is 2.30. The second kappa shape index (κ2) is 4.79. The Morgan fingerprint density at radius 2 is 2.26 bits per heavy atom. The molecule has 1 fully saturated rings. The van der Waals surface area contributed by atoms with E-state index in [2.05, 4.69) is 32.2 Å². The molecule has 0 aliphatic carbocycles. The molecule has 3 heterocycles. The predicted molar refractivity (Wildman–Crippen MR) is 73.4 cm³/mol. The van der Waals surface area contributed by atoms with Gasteiger partial charge in [0.15, 0.2) is 0 Å². The molecule has 3 rings (SSSR count). The lowest BCUT2D eigenvalue weighted by atomic mass is 10.0. The van der Waals surface area contributed by atoms with E-state index in [9.17, 15) is 0 Å². The Kier molecular flexibility index (Phi) is 3.12. The van der Waals surface area contributed by atoms with Crippen molar-refractivity contribution >= 4 is 11.0 Å². The van der Waals surface area contributed by atoms with E-state index in [0.717, 1.165) is 36.4 Å². The van der Waals surface area contributed by atoms with E-state index in [4.69, 9.17) is 4.74 Å². The van der Waals surface area contributed by atoms with E-state index < -0.39 is 0 Å². The van der Waals surface area contributed by atoms with Gasteiger partial charge in [0.1, 0.15) is 5.65 Å². The first kappa shape index (κ1) is 12.4. The molecule has 19 heavy (non-hydrogen) atoms. The van der Waals surface area contributed by atoms with Crippen LogP contribution < -0.4 is 10.1 Å². The zero-order valence-electron chi connectivity index (χ0n) is 11.5. The Morgan fingerprint density at radius 1 is 1.42 bits per heavy atom. The number of hydrogen-bond donors (Lipinski definition) is 2. The van der Waals surface area contributed by atoms with E-state index in [1.807, 2.05) is 13.1 Å². The fourth-order valence-electron chi connectivity index (χ4n) is 2.72. The molecule has 2 N–H and O–H groups in total. The van der Waals surface area contributed by atoms with Gasteiger partial charge in [0, 0.05) is 37.3 Å². The molecule has 0 bridgehead atoms. The smallest absolute Gasteiger partial charge is 0.318 e. The molecule has 0 radical (unpaired) electrons. The fourth-order valence-corrected chi connectivity index (χ4v) is 2.72. The SMILES string of the molecule is COc1nc(C)c2c(C3CNCCN3C)c[nH]c2n1. The Labute approximate surface area is 112 Å². The monoisotopic (exact) mass is 261 g/mol. The first-order valence-corrected chi connectivity index (χ1v) is 6.51. The van der Waals surface area contributed by atoms with Crippen molar-refractivity contribution in [2.45, 2.75) is 13.0 Å². The van der Waals surface area contributed by atoms with Crippen LogP contribution in [0, 0.1) is 6.92 Å². The van der Waals surface area contributed by atoms with Gasteiger partial charge in [-0.25, -0.2) is 0 Å². The zero-order valence-corrected chi connectivity index (χ0v) is 11.5. The first-order chi connectivity index (χ1) is 9.20. The van der Waals surface area contributed by atoms with Crippen LogP contribution in [-0.2, 0) is 0 Å². The summed E-state index contributed by atoms with van der Waals surface area (Å²) in [6.45, 7) is 5.04. The Hall–Kier alpha value is -1.66. The molecule has 1 aliphatic rings. The maximum atomic E-state index is 5.11. The molecule has 2 aromatic rings. The van der Waals surface area contributed by atoms with Crippen molar-refractivity contribution in [3.8, 4) is 6.01 Å². The van der Waals surface area contributed by atoms with Gasteiger partial charge in [-0.1, -0.05) is 0 Å². The molecular weight excluding hydrogens is 242 g/mol. The number of likely N-dealkylation sites (N-methyl/N-ethyl adjacent to an activating group) is 1. The number of nitrogens with zero attached hydrogens (tertiary/aromatic N) is 3. The third-order valence-corrected chi connectivity index (χ3v) is 3.78. The van der Waals surface area contributed by atoms with Crippen molar-refractivity contribution in [1.29, 1.82) is 0 Å². The number of piperazine rings is 1. The molecule has 1 unspecified atom stereocenters. The number of nitrogens with one attached hydrogen (secondary N) is 2. The van der Waals surface area contributed by atoms with Crippen LogP contribution in [0.15, 0.2) is 6.20 Å². The lowest BCUT2D eigenvalue weighted by molar-refractivity contribution is 0.203. The summed E-state index contributed by atoms with van der Waals surface area (Å²) < 4.78 is 5.11. The summed E-state index contributed by atoms with van der Waals surface area (Å²) in [4.78, 5) is 14.3. The molecule has 0 saturated carbocycles. The maximum Gasteiger partial charge on any atom is 0.318 e. The lowest BCUT2D eigenvalue weighted by Crippen LogP contribution is -2.43. The van der Waals surface area contributed by atoms with Crippen molar-refractivity contribution in [2.24, 2.45) is 0 Å². The highest BCUT2D eigenvalue weighted by Gasteiger charge is 2.24. The highest BCUT2D eigenvalue weighted by molar-refractivity contribution is 5.83. The molecule has 6 heteroatoms. The molecule has 0 aromatic carbocycles. The summed E-state index contributed by atoms with van der Waals surface area (Å²) in [7, 11) is 3.74. The summed E-state index contributed by atoms with van der Waals surface area (Å²) >= 11 is 0. The number of fused-ring (bicyclic) bond motifs is 1. The van der Waals surface area contributed by atoms with Crippen molar-refractivity contribution in [3.63, 3.8) is 0 Å². The molecule has 1 saturated heterocycles. The van der Waals surface area contributed by atoms with Gasteiger partial charge in [0.2, 0.25) is 0 Å². The van der Waals surface area contributed by atoms with Gasteiger partial charge in [-0.05, 0) is 19.5 Å². The van der Waals surface area contributed by atoms with Gasteiger partial charge >= 0.3 is 6.01 Å². The van der Waals surface area contributed by atoms with Crippen molar-refractivity contribution in [1.82, 2.24) is 25.2 Å². The van der Waals surface area contributed by atoms with E-state index >= 15 is 0 Å². The quantitative estimate of drug-likeness (QED) is 0.839. The molecule has 1 aliphatic heterocycles. The number of rotatable bonds is 2. The molecule has 0 spiro atoms. The molecule has 6 nitrogen and oxygen atoms in total. The van der Waals surface area contributed by atoms with Crippen LogP contribution in [0.3, 0.4) is 0 Å². The van der Waals surface area contributed by atoms with Gasteiger partial charge in [-0.3, -0.25) is 4.90 Å². The maximum absolute atomic E-state index is 5.11. The van der Waals surface area contributed by atoms with Crippen LogP contribution in [0.1, 0.15) is 17.3 Å². The summed E-state index contributed by atoms with van der Waals surface area (Å²) in [5, 5.41) is 4.55. The van der Waals surface area contributed by atoms with Gasteiger partial charge in [-0.2, -0.15) is 9.97 Å². The van der Waals surface area contributed by atoms with Gasteiger partial charge in [0.25, 0.3) is 0 Å². The van der Waals surface area contributed by atoms with Crippen LogP contribution in [-0.4, -0.2) is 53.6 Å². The van der Waals surface area contributed by atoms with Crippen molar-refractivity contribution < 1.29 is 4.74 Å². The van der Waals surface area contributed by atoms with Crippen molar-refractivity contribution in [2.75, 3.05) is 33.8 Å². The second-order valence-electron chi connectivity index (χ2n) is 4.96. The third kappa shape index (κ3) is 2.06. The number of aryl methyl sites for hydroxylation is 1. The minimum atomic E-state index is 0.359. The molecule has 1 atom stereocenters. The summed E-state index contributed by atoms with van der Waals surface area (Å²) in [5.41, 5.74) is 3.06. The van der Waals surface area contributed by atoms with Crippen LogP contribution in [0.2, 0.25) is 0 Å². The fraction of sp³-hybridized carbons (Fsp3) is 0.538. The standard InChI is InChI=1S/C13H19N5O/c1-8-11-9(10-7-14-4-5-18(10)2)6-15-12(11)17-13(16-8)19-3/h6,10,14H,4-5,7H2,1-3H3,(H,15,16,17). The van der Waals surface area contributed by atoms with Gasteiger partial charge in [-0.15, -0.1) is 0 Å². The van der Waals surface area contributed by atoms with Crippen LogP contribution >= 0.6 is 0 Å². The zero-order chi connectivity index (χ0) is 13.4. The van der Waals surface area contributed by atoms with E-state index in [0.29, 0.717) is 12.1 Å². The van der Waals surface area contributed by atoms with Gasteiger partial charge in [0.05, 0.1) is 12.8 Å². The molecule has 102 valence electrons. The number of aromatic nitrogens is 3. The normalized spacial score (nSPS) is 20.9. The Morgan fingerprint density at radius 3 is 3.00 bits per heavy atom. The van der Waals surface area contributed by atoms with Crippen LogP contribution in [0.25, 0.3) is 11.0 Å². The summed E-state index contributed by atoms with van der Waals surface area (Å²) in [6, 6.07) is 0.770. The van der Waals surface area contributed by atoms with Crippen LogP contribution in [0.5, 0.6) is 6.01 Å². The first-order valence-electron chi connectivity index (χ1n) is 6.51. The number of H-pyrrole nitrogens is 1. The number of aromatic amines is 1. The van der Waals surface area contributed by atoms with E-state index in [-0.39, 0.29) is 0 Å². The topological polar surface area (TPSA) is 66.1 Å². The average Bonchev–Trinajstić information content (AvgIpc) is 2.83. The minimum absolute atomic E-state index is 0.359. The van der Waals surface area contributed by atoms with Gasteiger partial charge < -0.3 is 15.0 Å². The van der Waals surface area contributed by atoms with Crippen LogP contribution in [0.4, 0.5) is 0 Å². The Balaban J connectivity index is 2.09. The van der Waals surface area contributed by atoms with Crippen molar-refractivity contribution in [3.05, 3.63) is 17.5 Å². The molecular formula is C13H19N5O. The number of methoxy groups -OCH3 is 1. The summed E-state index contributed by atoms with van der Waals surface area (Å²) in [6.07, 6.45) is 2.04. The van der Waals surface area contributed by atoms with E-state index in [1.54, 1.807) is 7.11 Å². The second-order valence-corrected chi connectivity index (χ2v) is 4.96. The highest BCUT2D eigenvalue weighted by atomic mass is 16.5. The number of hydrogen-bond acceptors (Lipinski definition) is 5. The molecule has 0 amide bonds. The largest absolute Gasteiger partial charge is 0.467 e. The van der Waals surface area contributed by atoms with E-state index in [1.165, 1.54) is 5.56 Å². The minimum Gasteiger partial charge on any atom is -0.467 e. The average molecular weight is 261 g/mol.